The van der Waals surface area contributed by atoms with Crippen molar-refractivity contribution in [3.63, 3.8) is 0 Å². The van der Waals surface area contributed by atoms with E-state index in [4.69, 9.17) is 5.73 Å². The molecule has 0 aliphatic carbocycles. The predicted octanol–water partition coefficient (Wildman–Crippen LogP) is 1.91. The van der Waals surface area contributed by atoms with Crippen molar-refractivity contribution in [2.75, 3.05) is 5.73 Å². The SMILES string of the molecule is CC(C)S(=O)(=O)c1ccc(-c2cc(N)ncn2)cc1. The first-order chi connectivity index (χ1) is 8.91. The summed E-state index contributed by atoms with van der Waals surface area (Å²) in [7, 11) is -3.24. The second-order valence-electron chi connectivity index (χ2n) is 4.45. The molecule has 0 fully saturated rings. The highest BCUT2D eigenvalue weighted by Gasteiger charge is 2.18. The molecule has 100 valence electrons. The minimum atomic E-state index is -3.24. The van der Waals surface area contributed by atoms with Crippen LogP contribution in [0.2, 0.25) is 0 Å². The number of hydrogen-bond donors (Lipinski definition) is 1. The summed E-state index contributed by atoms with van der Waals surface area (Å²) in [6.45, 7) is 3.32. The van der Waals surface area contributed by atoms with E-state index >= 15 is 0 Å². The number of rotatable bonds is 3. The third-order valence-corrected chi connectivity index (χ3v) is 4.96. The second-order valence-corrected chi connectivity index (χ2v) is 6.95. The van der Waals surface area contributed by atoms with Gasteiger partial charge >= 0.3 is 0 Å². The fourth-order valence-corrected chi connectivity index (χ4v) is 2.68. The molecule has 0 aliphatic heterocycles. The number of nitrogens with zero attached hydrogens (tertiary/aromatic N) is 2. The Labute approximate surface area is 112 Å². The van der Waals surface area contributed by atoms with Crippen molar-refractivity contribution < 1.29 is 8.42 Å². The number of anilines is 1. The highest BCUT2D eigenvalue weighted by molar-refractivity contribution is 7.92. The van der Waals surface area contributed by atoms with E-state index in [9.17, 15) is 8.42 Å². The van der Waals surface area contributed by atoms with Gasteiger partial charge in [-0.25, -0.2) is 18.4 Å². The van der Waals surface area contributed by atoms with Crippen LogP contribution in [0.25, 0.3) is 11.3 Å². The van der Waals surface area contributed by atoms with Gasteiger partial charge in [0.25, 0.3) is 0 Å². The Morgan fingerprint density at radius 3 is 2.26 bits per heavy atom. The molecule has 0 radical (unpaired) electrons. The van der Waals surface area contributed by atoms with Gasteiger partial charge in [-0.2, -0.15) is 0 Å². The second kappa shape index (κ2) is 4.97. The summed E-state index contributed by atoms with van der Waals surface area (Å²) in [6.07, 6.45) is 1.38. The van der Waals surface area contributed by atoms with Crippen LogP contribution >= 0.6 is 0 Å². The highest BCUT2D eigenvalue weighted by atomic mass is 32.2. The van der Waals surface area contributed by atoms with E-state index in [1.807, 2.05) is 0 Å². The number of nitrogen functional groups attached to an aromatic ring is 1. The van der Waals surface area contributed by atoms with Gasteiger partial charge in [-0.05, 0) is 26.0 Å². The van der Waals surface area contributed by atoms with Crippen molar-refractivity contribution >= 4 is 15.7 Å². The summed E-state index contributed by atoms with van der Waals surface area (Å²) >= 11 is 0. The molecule has 1 aromatic carbocycles. The van der Waals surface area contributed by atoms with Gasteiger partial charge < -0.3 is 5.73 Å². The molecule has 0 saturated heterocycles. The third-order valence-electron chi connectivity index (χ3n) is 2.79. The molecule has 0 bridgehead atoms. The molecule has 1 aromatic heterocycles. The topological polar surface area (TPSA) is 85.9 Å². The number of hydrogen-bond acceptors (Lipinski definition) is 5. The maximum absolute atomic E-state index is 12.0. The molecule has 2 aromatic rings. The van der Waals surface area contributed by atoms with Crippen LogP contribution in [0, 0.1) is 0 Å². The van der Waals surface area contributed by atoms with Crippen molar-refractivity contribution in [3.05, 3.63) is 36.7 Å². The molecule has 6 heteroatoms. The zero-order valence-corrected chi connectivity index (χ0v) is 11.6. The lowest BCUT2D eigenvalue weighted by molar-refractivity contribution is 0.587. The van der Waals surface area contributed by atoms with Crippen LogP contribution in [0.15, 0.2) is 41.6 Å². The number of sulfone groups is 1. The molecule has 19 heavy (non-hydrogen) atoms. The maximum Gasteiger partial charge on any atom is 0.180 e. The minimum Gasteiger partial charge on any atom is -0.384 e. The van der Waals surface area contributed by atoms with Gasteiger partial charge in [0.1, 0.15) is 12.1 Å². The number of nitrogens with two attached hydrogens (primary N) is 1. The zero-order chi connectivity index (χ0) is 14.0. The minimum absolute atomic E-state index is 0.313. The van der Waals surface area contributed by atoms with Crippen molar-refractivity contribution in [3.8, 4) is 11.3 Å². The first kappa shape index (κ1) is 13.5. The van der Waals surface area contributed by atoms with Gasteiger partial charge in [-0.15, -0.1) is 0 Å². The molecule has 5 nitrogen and oxygen atoms in total. The van der Waals surface area contributed by atoms with E-state index in [1.54, 1.807) is 44.2 Å². The maximum atomic E-state index is 12.0. The summed E-state index contributed by atoms with van der Waals surface area (Å²) in [5.41, 5.74) is 7.06. The first-order valence-corrected chi connectivity index (χ1v) is 7.38. The largest absolute Gasteiger partial charge is 0.384 e. The molecule has 0 atom stereocenters. The quantitative estimate of drug-likeness (QED) is 0.926. The van der Waals surface area contributed by atoms with Crippen LogP contribution in [-0.4, -0.2) is 23.6 Å². The van der Waals surface area contributed by atoms with Gasteiger partial charge in [0, 0.05) is 11.6 Å². The molecule has 2 N–H and O–H groups in total. The van der Waals surface area contributed by atoms with Gasteiger partial charge in [0.2, 0.25) is 0 Å². The van der Waals surface area contributed by atoms with Crippen LogP contribution in [-0.2, 0) is 9.84 Å². The Bertz CT molecular complexity index is 679. The van der Waals surface area contributed by atoms with Crippen LogP contribution in [0.3, 0.4) is 0 Å². The molecule has 0 aliphatic rings. The molecule has 0 amide bonds. The van der Waals surface area contributed by atoms with E-state index in [0.717, 1.165) is 5.56 Å². The lowest BCUT2D eigenvalue weighted by Gasteiger charge is -2.08. The zero-order valence-electron chi connectivity index (χ0n) is 10.7. The third kappa shape index (κ3) is 2.73. The van der Waals surface area contributed by atoms with Crippen LogP contribution < -0.4 is 5.73 Å². The standard InChI is InChI=1S/C13H15N3O2S/c1-9(2)19(17,18)11-5-3-10(4-6-11)12-7-13(14)16-8-15-12/h3-9H,1-2H3,(H2,14,15,16). The fourth-order valence-electron chi connectivity index (χ4n) is 1.62. The average molecular weight is 277 g/mol. The van der Waals surface area contributed by atoms with Gasteiger partial charge in [-0.1, -0.05) is 12.1 Å². The Morgan fingerprint density at radius 2 is 1.74 bits per heavy atom. The Hall–Kier alpha value is -1.95. The van der Waals surface area contributed by atoms with Crippen LogP contribution in [0.5, 0.6) is 0 Å². The average Bonchev–Trinajstić information content (AvgIpc) is 2.38. The molecule has 0 saturated carbocycles. The number of aromatic nitrogens is 2. The number of benzene rings is 1. The summed E-state index contributed by atoms with van der Waals surface area (Å²) in [5, 5.41) is -0.437. The Kier molecular flexibility index (Phi) is 3.53. The summed E-state index contributed by atoms with van der Waals surface area (Å²) in [6, 6.07) is 8.26. The monoisotopic (exact) mass is 277 g/mol. The Balaban J connectivity index is 2.39. The lowest BCUT2D eigenvalue weighted by atomic mass is 10.1. The van der Waals surface area contributed by atoms with Crippen LogP contribution in [0.4, 0.5) is 5.82 Å². The van der Waals surface area contributed by atoms with E-state index in [1.165, 1.54) is 6.33 Å². The normalized spacial score (nSPS) is 11.7. The van der Waals surface area contributed by atoms with E-state index in [-0.39, 0.29) is 0 Å². The van der Waals surface area contributed by atoms with Crippen molar-refractivity contribution in [2.24, 2.45) is 0 Å². The van der Waals surface area contributed by atoms with Gasteiger partial charge in [0.15, 0.2) is 9.84 Å². The van der Waals surface area contributed by atoms with E-state index in [2.05, 4.69) is 9.97 Å². The van der Waals surface area contributed by atoms with Crippen LogP contribution in [0.1, 0.15) is 13.8 Å². The van der Waals surface area contributed by atoms with E-state index in [0.29, 0.717) is 16.4 Å². The summed E-state index contributed by atoms with van der Waals surface area (Å²) in [5.74, 6) is 0.379. The smallest absolute Gasteiger partial charge is 0.180 e. The van der Waals surface area contributed by atoms with E-state index < -0.39 is 15.1 Å². The fraction of sp³-hybridized carbons (Fsp3) is 0.231. The molecule has 1 heterocycles. The molecular formula is C13H15N3O2S. The Morgan fingerprint density at radius 1 is 1.11 bits per heavy atom. The molecule has 0 spiro atoms. The summed E-state index contributed by atoms with van der Waals surface area (Å²) < 4.78 is 24.0. The van der Waals surface area contributed by atoms with Crippen molar-refractivity contribution in [2.45, 2.75) is 24.0 Å². The predicted molar refractivity (Wildman–Crippen MR) is 74.2 cm³/mol. The highest BCUT2D eigenvalue weighted by Crippen LogP contribution is 2.22. The van der Waals surface area contributed by atoms with Gasteiger partial charge in [0.05, 0.1) is 15.8 Å². The molecular weight excluding hydrogens is 262 g/mol. The summed E-state index contributed by atoms with van der Waals surface area (Å²) in [4.78, 5) is 8.23. The molecule has 2 rings (SSSR count). The van der Waals surface area contributed by atoms with Gasteiger partial charge in [-0.3, -0.25) is 0 Å². The lowest BCUT2D eigenvalue weighted by Crippen LogP contribution is -2.13. The van der Waals surface area contributed by atoms with Crippen molar-refractivity contribution in [1.29, 1.82) is 0 Å². The first-order valence-electron chi connectivity index (χ1n) is 5.83. The van der Waals surface area contributed by atoms with Crippen molar-refractivity contribution in [1.82, 2.24) is 9.97 Å². The molecule has 0 unspecified atom stereocenters.